The van der Waals surface area contributed by atoms with Crippen LogP contribution in [-0.2, 0) is 0 Å². The second kappa shape index (κ2) is 12.1. The Balaban J connectivity index is 0.947. The first kappa shape index (κ1) is 30.1. The van der Waals surface area contributed by atoms with E-state index in [1.54, 1.807) is 12.3 Å². The fraction of sp³-hybridized carbons (Fsp3) is 0.611. The third-order valence-electron chi connectivity index (χ3n) is 11.3. The molecule has 3 saturated heterocycles. The largest absolute Gasteiger partial charge is 0.434 e. The molecule has 3 aliphatic heterocycles. The minimum Gasteiger partial charge on any atom is -0.434 e. The van der Waals surface area contributed by atoms with Gasteiger partial charge in [0.2, 0.25) is 0 Å². The predicted molar refractivity (Wildman–Crippen MR) is 174 cm³/mol. The first-order valence-electron chi connectivity index (χ1n) is 17.4. The molecule has 5 fully saturated rings. The quantitative estimate of drug-likeness (QED) is 0.330. The fourth-order valence-corrected chi connectivity index (χ4v) is 8.96. The van der Waals surface area contributed by atoms with Crippen LogP contribution in [0.5, 0.6) is 11.6 Å². The van der Waals surface area contributed by atoms with E-state index in [-0.39, 0.29) is 17.3 Å². The van der Waals surface area contributed by atoms with Gasteiger partial charge in [0.25, 0.3) is 5.88 Å². The second-order valence-electron chi connectivity index (χ2n) is 15.0. The molecule has 10 heteroatoms. The molecule has 46 heavy (non-hydrogen) atoms. The lowest BCUT2D eigenvalue weighted by Gasteiger charge is -2.58. The summed E-state index contributed by atoms with van der Waals surface area (Å²) in [4.78, 5) is 16.9. The number of hydrogen-bond acceptors (Lipinski definition) is 9. The Hall–Kier alpha value is -3.21. The number of aliphatic hydroxyl groups excluding tert-OH is 1. The van der Waals surface area contributed by atoms with Crippen molar-refractivity contribution in [3.63, 3.8) is 0 Å². The average Bonchev–Trinajstić information content (AvgIpc) is 3.77. The predicted octanol–water partition coefficient (Wildman–Crippen LogP) is 5.51. The highest BCUT2D eigenvalue weighted by molar-refractivity contribution is 5.74. The van der Waals surface area contributed by atoms with Crippen molar-refractivity contribution >= 4 is 5.82 Å². The summed E-state index contributed by atoms with van der Waals surface area (Å²) in [6.07, 6.45) is 11.0. The van der Waals surface area contributed by atoms with E-state index in [0.29, 0.717) is 46.9 Å². The number of piperidine rings is 1. The molecule has 0 amide bonds. The maximum Gasteiger partial charge on any atom is 0.282 e. The number of aliphatic hydroxyl groups is 1. The third-order valence-corrected chi connectivity index (χ3v) is 11.3. The van der Waals surface area contributed by atoms with Crippen molar-refractivity contribution in [1.29, 1.82) is 0 Å². The number of ether oxygens (including phenoxy) is 1. The van der Waals surface area contributed by atoms with Crippen LogP contribution in [0.1, 0.15) is 70.4 Å². The lowest BCUT2D eigenvalue weighted by molar-refractivity contribution is -0.0860. The van der Waals surface area contributed by atoms with Gasteiger partial charge in [0.1, 0.15) is 17.9 Å². The molecule has 2 atom stereocenters. The summed E-state index contributed by atoms with van der Waals surface area (Å²) in [6.45, 7) is 10.8. The number of hydrogen-bond donors (Lipinski definition) is 1. The maximum atomic E-state index is 14.6. The highest BCUT2D eigenvalue weighted by Gasteiger charge is 2.53. The van der Waals surface area contributed by atoms with E-state index in [1.165, 1.54) is 31.3 Å². The Morgan fingerprint density at radius 3 is 2.65 bits per heavy atom. The summed E-state index contributed by atoms with van der Waals surface area (Å²) in [6, 6.07) is 9.76. The van der Waals surface area contributed by atoms with Crippen LogP contribution in [0.3, 0.4) is 0 Å². The van der Waals surface area contributed by atoms with E-state index in [1.807, 2.05) is 12.1 Å². The van der Waals surface area contributed by atoms with E-state index in [4.69, 9.17) is 4.74 Å². The van der Waals surface area contributed by atoms with Gasteiger partial charge in [-0.3, -0.25) is 14.8 Å². The summed E-state index contributed by atoms with van der Waals surface area (Å²) >= 11 is 0. The average molecular weight is 628 g/mol. The first-order valence-corrected chi connectivity index (χ1v) is 17.4. The summed E-state index contributed by atoms with van der Waals surface area (Å²) in [5.41, 5.74) is 2.81. The van der Waals surface area contributed by atoms with Gasteiger partial charge in [-0.15, -0.1) is 10.2 Å². The van der Waals surface area contributed by atoms with Gasteiger partial charge in [-0.25, -0.2) is 9.37 Å². The molecule has 2 saturated carbocycles. The van der Waals surface area contributed by atoms with Crippen LogP contribution in [0.4, 0.5) is 10.2 Å². The van der Waals surface area contributed by atoms with Crippen molar-refractivity contribution in [2.24, 2.45) is 17.3 Å². The Morgan fingerprint density at radius 1 is 1.02 bits per heavy atom. The smallest absolute Gasteiger partial charge is 0.282 e. The molecule has 5 heterocycles. The van der Waals surface area contributed by atoms with Gasteiger partial charge in [-0.05, 0) is 87.6 Å². The molecule has 1 N–H and O–H groups in total. The van der Waals surface area contributed by atoms with Crippen LogP contribution in [0, 0.1) is 23.1 Å². The molecule has 9 nitrogen and oxygen atoms in total. The Bertz CT molecular complexity index is 1550. The summed E-state index contributed by atoms with van der Waals surface area (Å²) in [7, 11) is 0. The SMILES string of the molecule is CC(C)[C@@H](C1CC(N2CCC[C@@H](O)C2)C1)N1CC2(CCN(c3ncnnc3Oc3ccc(F)cc3-c3cccnc3C3CC3)C2)C1. The van der Waals surface area contributed by atoms with Gasteiger partial charge in [-0.2, -0.15) is 0 Å². The van der Waals surface area contributed by atoms with Gasteiger partial charge in [0, 0.05) is 73.5 Å². The summed E-state index contributed by atoms with van der Waals surface area (Å²) < 4.78 is 21.0. The van der Waals surface area contributed by atoms with Crippen molar-refractivity contribution < 1.29 is 14.2 Å². The number of aromatic nitrogens is 4. The van der Waals surface area contributed by atoms with E-state index in [9.17, 15) is 9.50 Å². The van der Waals surface area contributed by atoms with E-state index >= 15 is 0 Å². The maximum absolute atomic E-state index is 14.6. The molecule has 3 aromatic rings. The van der Waals surface area contributed by atoms with Gasteiger partial charge in [0.15, 0.2) is 5.82 Å². The number of β-amino-alcohol motifs (C(OH)–C–C–N with tert-alkyl or cyclic N) is 1. The fourth-order valence-electron chi connectivity index (χ4n) is 8.96. The molecule has 0 bridgehead atoms. The van der Waals surface area contributed by atoms with Crippen LogP contribution < -0.4 is 9.64 Å². The van der Waals surface area contributed by atoms with Crippen LogP contribution in [-0.4, -0.2) is 92.5 Å². The number of benzene rings is 1. The third kappa shape index (κ3) is 5.77. The lowest BCUT2D eigenvalue weighted by Crippen LogP contribution is -2.65. The van der Waals surface area contributed by atoms with E-state index in [0.717, 1.165) is 88.5 Å². The van der Waals surface area contributed by atoms with Crippen molar-refractivity contribution in [3.8, 4) is 22.8 Å². The zero-order valence-corrected chi connectivity index (χ0v) is 27.1. The summed E-state index contributed by atoms with van der Waals surface area (Å²) in [5.74, 6) is 3.02. The van der Waals surface area contributed by atoms with E-state index < -0.39 is 0 Å². The zero-order chi connectivity index (χ0) is 31.4. The summed E-state index contributed by atoms with van der Waals surface area (Å²) in [5, 5.41) is 18.6. The molecule has 1 spiro atoms. The van der Waals surface area contributed by atoms with Crippen LogP contribution >= 0.6 is 0 Å². The van der Waals surface area contributed by atoms with Crippen molar-refractivity contribution in [3.05, 3.63) is 54.4 Å². The van der Waals surface area contributed by atoms with Crippen molar-refractivity contribution in [2.45, 2.75) is 82.9 Å². The molecule has 1 aromatic carbocycles. The molecule has 5 aliphatic rings. The standard InChI is InChI=1S/C36H46FN7O2/c1-23(2)33(25-15-27(16-25)42-13-4-5-28(45)18-42)44-20-36(21-44)11-14-43(19-36)34-35(41-40-22-39-34)46-31-10-9-26(37)17-30(31)29-6-3-12-38-32(29)24-7-8-24/h3,6,9-10,12,17,22-25,27-28,33,45H,4-5,7-8,11,13-16,18-21H2,1-2H3/t25?,27?,28-,33+/m1/s1. The molecule has 244 valence electrons. The van der Waals surface area contributed by atoms with Gasteiger partial charge in [0.05, 0.1) is 11.8 Å². The van der Waals surface area contributed by atoms with Crippen molar-refractivity contribution in [1.82, 2.24) is 30.0 Å². The number of halogens is 1. The molecule has 8 rings (SSSR count). The van der Waals surface area contributed by atoms with Gasteiger partial charge in [-0.1, -0.05) is 19.9 Å². The molecular weight excluding hydrogens is 581 g/mol. The normalized spacial score (nSPS) is 27.1. The zero-order valence-electron chi connectivity index (χ0n) is 27.1. The van der Waals surface area contributed by atoms with Gasteiger partial charge < -0.3 is 14.7 Å². The Kier molecular flexibility index (Phi) is 7.93. The van der Waals surface area contributed by atoms with Crippen LogP contribution in [0.2, 0.25) is 0 Å². The minimum absolute atomic E-state index is 0.149. The number of rotatable bonds is 9. The van der Waals surface area contributed by atoms with E-state index in [2.05, 4.69) is 48.7 Å². The number of pyridine rings is 1. The molecule has 0 radical (unpaired) electrons. The lowest BCUT2D eigenvalue weighted by atomic mass is 9.68. The van der Waals surface area contributed by atoms with Crippen LogP contribution in [0.25, 0.3) is 11.1 Å². The highest BCUT2D eigenvalue weighted by atomic mass is 19.1. The number of nitrogens with zero attached hydrogens (tertiary/aromatic N) is 7. The molecule has 2 aromatic heterocycles. The molecular formula is C36H46FN7O2. The number of anilines is 1. The number of likely N-dealkylation sites (tertiary alicyclic amines) is 2. The minimum atomic E-state index is -0.316. The molecule has 0 unspecified atom stereocenters. The van der Waals surface area contributed by atoms with Crippen LogP contribution in [0.15, 0.2) is 42.9 Å². The highest BCUT2D eigenvalue weighted by Crippen LogP contribution is 2.49. The Labute approximate surface area is 271 Å². The topological polar surface area (TPSA) is 90.7 Å². The first-order chi connectivity index (χ1) is 22.4. The molecule has 2 aliphatic carbocycles. The Morgan fingerprint density at radius 2 is 1.87 bits per heavy atom. The monoisotopic (exact) mass is 627 g/mol. The van der Waals surface area contributed by atoms with Gasteiger partial charge >= 0.3 is 0 Å². The second-order valence-corrected chi connectivity index (χ2v) is 15.0. The van der Waals surface area contributed by atoms with Crippen molar-refractivity contribution in [2.75, 3.05) is 44.2 Å².